The molecule has 0 aliphatic carbocycles. The summed E-state index contributed by atoms with van der Waals surface area (Å²) in [6.07, 6.45) is 0. The van der Waals surface area contributed by atoms with Crippen molar-refractivity contribution in [3.8, 4) is 5.30 Å². The number of benzene rings is 3. The molecule has 5 rings (SSSR count). The Morgan fingerprint density at radius 2 is 1.40 bits per heavy atom. The van der Waals surface area contributed by atoms with Crippen molar-refractivity contribution in [2.24, 2.45) is 0 Å². The van der Waals surface area contributed by atoms with Crippen molar-refractivity contribution < 1.29 is 0 Å². The molecule has 0 nitrogen and oxygen atoms in total. The van der Waals surface area contributed by atoms with E-state index in [-0.39, 0.29) is 0 Å². The first kappa shape index (κ1) is 15.2. The predicted octanol–water partition coefficient (Wildman–Crippen LogP) is 8.11. The molecule has 0 bridgehead atoms. The van der Waals surface area contributed by atoms with Crippen LogP contribution in [0.15, 0.2) is 60.7 Å². The SMILES string of the molecule is Cc1cc(C)c(-p2c3ccccc3c3sc4ccccc4c32)c(C)c1. The van der Waals surface area contributed by atoms with Gasteiger partial charge in [-0.25, -0.2) is 0 Å². The number of hydrogen-bond donors (Lipinski definition) is 0. The standard InChI is InChI=1S/C23H19PS/c1-14-12-15(2)21(16(3)13-14)24-19-10-6-4-8-17(19)23-22(24)18-9-5-7-11-20(18)25-23/h4-13H,1-3H3. The number of aryl methyl sites for hydroxylation is 3. The summed E-state index contributed by atoms with van der Waals surface area (Å²) in [5.41, 5.74) is 4.22. The molecule has 0 saturated heterocycles. The van der Waals surface area contributed by atoms with Crippen molar-refractivity contribution in [2.45, 2.75) is 20.8 Å². The van der Waals surface area contributed by atoms with E-state index in [2.05, 4.69) is 81.4 Å². The van der Waals surface area contributed by atoms with E-state index in [0.717, 1.165) is 0 Å². The van der Waals surface area contributed by atoms with Crippen LogP contribution in [-0.2, 0) is 0 Å². The summed E-state index contributed by atoms with van der Waals surface area (Å²) in [7, 11) is -0.478. The second kappa shape index (κ2) is 5.46. The second-order valence-corrected chi connectivity index (χ2v) is 9.98. The molecule has 0 aliphatic rings. The maximum atomic E-state index is 2.35. The lowest BCUT2D eigenvalue weighted by atomic mass is 10.1. The van der Waals surface area contributed by atoms with E-state index in [1.165, 1.54) is 42.0 Å². The van der Waals surface area contributed by atoms with Crippen molar-refractivity contribution in [3.05, 3.63) is 77.4 Å². The molecule has 3 aromatic carbocycles. The van der Waals surface area contributed by atoms with Crippen LogP contribution in [0.2, 0.25) is 0 Å². The molecule has 1 unspecified atom stereocenters. The van der Waals surface area contributed by atoms with Gasteiger partial charge in [0.1, 0.15) is 0 Å². The third-order valence-electron chi connectivity index (χ3n) is 5.04. The monoisotopic (exact) mass is 358 g/mol. The number of thiophene rings is 1. The van der Waals surface area contributed by atoms with Gasteiger partial charge in [-0.15, -0.1) is 11.3 Å². The highest BCUT2D eigenvalue weighted by Crippen LogP contribution is 2.60. The van der Waals surface area contributed by atoms with Gasteiger partial charge in [-0.3, -0.25) is 0 Å². The summed E-state index contributed by atoms with van der Waals surface area (Å²) in [6, 6.07) is 22.7. The highest BCUT2D eigenvalue weighted by molar-refractivity contribution is 7.69. The van der Waals surface area contributed by atoms with Crippen molar-refractivity contribution >= 4 is 49.3 Å². The molecule has 1 atom stereocenters. The quantitative estimate of drug-likeness (QED) is 0.284. The molecule has 25 heavy (non-hydrogen) atoms. The maximum Gasteiger partial charge on any atom is 0.0480 e. The van der Waals surface area contributed by atoms with Gasteiger partial charge in [-0.1, -0.05) is 61.6 Å². The summed E-state index contributed by atoms with van der Waals surface area (Å²) in [5, 5.41) is 7.55. The van der Waals surface area contributed by atoms with Gasteiger partial charge in [0.25, 0.3) is 0 Å². The highest BCUT2D eigenvalue weighted by Gasteiger charge is 2.20. The fourth-order valence-electron chi connectivity index (χ4n) is 4.17. The summed E-state index contributed by atoms with van der Waals surface area (Å²) < 4.78 is 2.90. The minimum absolute atomic E-state index is 0.478. The molecule has 2 heteroatoms. The first-order chi connectivity index (χ1) is 12.1. The van der Waals surface area contributed by atoms with E-state index in [9.17, 15) is 0 Å². The Hall–Kier alpha value is -2.08. The topological polar surface area (TPSA) is 0 Å². The Balaban J connectivity index is 2.07. The van der Waals surface area contributed by atoms with Crippen LogP contribution < -0.4 is 0 Å². The molecule has 2 aromatic heterocycles. The average molecular weight is 358 g/mol. The van der Waals surface area contributed by atoms with Crippen LogP contribution in [0.1, 0.15) is 16.7 Å². The molecule has 0 radical (unpaired) electrons. The van der Waals surface area contributed by atoms with Crippen molar-refractivity contribution in [3.63, 3.8) is 0 Å². The van der Waals surface area contributed by atoms with E-state index in [1.807, 2.05) is 11.3 Å². The van der Waals surface area contributed by atoms with Crippen LogP contribution in [0.4, 0.5) is 0 Å². The number of hydrogen-bond acceptors (Lipinski definition) is 1. The second-order valence-electron chi connectivity index (χ2n) is 6.88. The van der Waals surface area contributed by atoms with Gasteiger partial charge in [0.2, 0.25) is 0 Å². The average Bonchev–Trinajstić information content (AvgIpc) is 3.10. The molecule has 0 saturated carbocycles. The van der Waals surface area contributed by atoms with Crippen molar-refractivity contribution in [1.82, 2.24) is 0 Å². The van der Waals surface area contributed by atoms with Gasteiger partial charge in [0, 0.05) is 35.7 Å². The third kappa shape index (κ3) is 2.13. The van der Waals surface area contributed by atoms with Crippen molar-refractivity contribution in [1.29, 1.82) is 0 Å². The molecule has 0 fully saturated rings. The Bertz CT molecular complexity index is 1240. The van der Waals surface area contributed by atoms with Crippen molar-refractivity contribution in [2.75, 3.05) is 0 Å². The zero-order chi connectivity index (χ0) is 17.1. The van der Waals surface area contributed by atoms with Gasteiger partial charge in [-0.05, 0) is 44.0 Å². The van der Waals surface area contributed by atoms with Gasteiger partial charge < -0.3 is 0 Å². The van der Waals surface area contributed by atoms with Crippen LogP contribution in [-0.4, -0.2) is 0 Å². The minimum atomic E-state index is -0.478. The van der Waals surface area contributed by atoms with E-state index >= 15 is 0 Å². The van der Waals surface area contributed by atoms with Gasteiger partial charge >= 0.3 is 0 Å². The molecule has 0 amide bonds. The van der Waals surface area contributed by atoms with Crippen LogP contribution in [0.5, 0.6) is 0 Å². The zero-order valence-electron chi connectivity index (χ0n) is 14.6. The van der Waals surface area contributed by atoms with E-state index < -0.39 is 7.53 Å². The number of fused-ring (bicyclic) bond motifs is 5. The fraction of sp³-hybridized carbons (Fsp3) is 0.130. The Morgan fingerprint density at radius 3 is 2.16 bits per heavy atom. The Labute approximate surface area is 152 Å². The van der Waals surface area contributed by atoms with Crippen LogP contribution in [0, 0.1) is 20.8 Å². The Kier molecular flexibility index (Phi) is 3.32. The molecule has 5 aromatic rings. The molecule has 122 valence electrons. The smallest absolute Gasteiger partial charge is 0.0480 e. The molecule has 0 spiro atoms. The third-order valence-corrected chi connectivity index (χ3v) is 9.33. The van der Waals surface area contributed by atoms with E-state index in [1.54, 1.807) is 10.4 Å². The lowest BCUT2D eigenvalue weighted by molar-refractivity contribution is 1.35. The minimum Gasteiger partial charge on any atom is -0.134 e. The molecule has 2 heterocycles. The predicted molar refractivity (Wildman–Crippen MR) is 115 cm³/mol. The lowest BCUT2D eigenvalue weighted by Gasteiger charge is -2.13. The Morgan fingerprint density at radius 1 is 0.760 bits per heavy atom. The van der Waals surface area contributed by atoms with Gasteiger partial charge in [-0.2, -0.15) is 0 Å². The normalized spacial score (nSPS) is 12.5. The molecule has 0 aliphatic heterocycles. The summed E-state index contributed by atoms with van der Waals surface area (Å²) in [4.78, 5) is 0. The van der Waals surface area contributed by atoms with Crippen LogP contribution in [0.3, 0.4) is 0 Å². The van der Waals surface area contributed by atoms with Crippen LogP contribution in [0.25, 0.3) is 35.7 Å². The molecular weight excluding hydrogens is 339 g/mol. The summed E-state index contributed by atoms with van der Waals surface area (Å²) >= 11 is 1.96. The summed E-state index contributed by atoms with van der Waals surface area (Å²) in [6.45, 7) is 6.77. The molecular formula is C23H19PS. The maximum absolute atomic E-state index is 2.35. The first-order valence-corrected chi connectivity index (χ1v) is 10.8. The fourth-order valence-corrected chi connectivity index (χ4v) is 8.84. The van der Waals surface area contributed by atoms with E-state index in [0.29, 0.717) is 0 Å². The largest absolute Gasteiger partial charge is 0.134 e. The number of rotatable bonds is 1. The van der Waals surface area contributed by atoms with E-state index in [4.69, 9.17) is 0 Å². The summed E-state index contributed by atoms with van der Waals surface area (Å²) in [5.74, 6) is 0. The lowest BCUT2D eigenvalue weighted by Crippen LogP contribution is -1.85. The molecule has 0 N–H and O–H groups in total. The van der Waals surface area contributed by atoms with Gasteiger partial charge in [0.05, 0.1) is 0 Å². The van der Waals surface area contributed by atoms with Gasteiger partial charge in [0.15, 0.2) is 0 Å². The zero-order valence-corrected chi connectivity index (χ0v) is 16.3. The van der Waals surface area contributed by atoms with Crippen LogP contribution >= 0.6 is 18.9 Å². The first-order valence-electron chi connectivity index (χ1n) is 8.64. The highest BCUT2D eigenvalue weighted by atomic mass is 32.1.